The number of ketones is 2. The van der Waals surface area contributed by atoms with Gasteiger partial charge in [-0.05, 0) is 50.7 Å². The first kappa shape index (κ1) is 25.0. The monoisotopic (exact) mass is 378 g/mol. The summed E-state index contributed by atoms with van der Waals surface area (Å²) >= 11 is 0. The van der Waals surface area contributed by atoms with E-state index in [0.29, 0.717) is 12.8 Å². The molecule has 0 saturated heterocycles. The number of allylic oxidation sites excluding steroid dienone is 2. The molecule has 0 N–H and O–H groups in total. The molecule has 0 rings (SSSR count). The lowest BCUT2D eigenvalue weighted by Gasteiger charge is -2.32. The number of ether oxygens (including phenoxy) is 1. The Kier molecular flexibility index (Phi) is 9.55. The lowest BCUT2D eigenvalue weighted by molar-refractivity contribution is -0.176. The van der Waals surface area contributed by atoms with E-state index in [-0.39, 0.29) is 36.8 Å². The zero-order chi connectivity index (χ0) is 21.4. The van der Waals surface area contributed by atoms with Crippen LogP contribution in [0.4, 0.5) is 0 Å². The van der Waals surface area contributed by atoms with Gasteiger partial charge < -0.3 is 4.74 Å². The average Bonchev–Trinajstić information content (AvgIpc) is 2.62. The lowest BCUT2D eigenvalue weighted by atomic mass is 9.73. The molecule has 0 aromatic carbocycles. The van der Waals surface area contributed by atoms with Gasteiger partial charge in [0.05, 0.1) is 0 Å². The van der Waals surface area contributed by atoms with Gasteiger partial charge in [0.2, 0.25) is 0 Å². The fraction of sp³-hybridized carbons (Fsp3) is 0.636. The van der Waals surface area contributed by atoms with Crippen molar-refractivity contribution in [2.45, 2.75) is 80.1 Å². The van der Waals surface area contributed by atoms with Crippen LogP contribution in [0, 0.1) is 10.8 Å². The molecule has 2 unspecified atom stereocenters. The summed E-state index contributed by atoms with van der Waals surface area (Å²) in [7, 11) is 0. The molecular formula is C22H34O5. The maximum atomic E-state index is 13.0. The molecule has 0 aliphatic heterocycles. The number of hydrogen-bond donors (Lipinski definition) is 0. The van der Waals surface area contributed by atoms with Crippen molar-refractivity contribution in [2.75, 3.05) is 0 Å². The number of rotatable bonds is 12. The molecule has 5 heteroatoms. The van der Waals surface area contributed by atoms with Crippen LogP contribution >= 0.6 is 0 Å². The van der Waals surface area contributed by atoms with E-state index in [9.17, 15) is 19.2 Å². The van der Waals surface area contributed by atoms with Gasteiger partial charge in [0.25, 0.3) is 0 Å². The third-order valence-electron chi connectivity index (χ3n) is 5.17. The Bertz CT molecular complexity index is 577. The highest BCUT2D eigenvalue weighted by Gasteiger charge is 2.50. The van der Waals surface area contributed by atoms with E-state index in [2.05, 4.69) is 13.2 Å². The van der Waals surface area contributed by atoms with Crippen LogP contribution in [0.15, 0.2) is 24.3 Å². The second-order valence-corrected chi connectivity index (χ2v) is 7.27. The van der Waals surface area contributed by atoms with E-state index in [1.54, 1.807) is 13.8 Å². The number of carbonyl (C=O) groups is 4. The molecule has 0 spiro atoms. The number of esters is 2. The molecule has 152 valence electrons. The number of hydrogen-bond acceptors (Lipinski definition) is 5. The van der Waals surface area contributed by atoms with Crippen molar-refractivity contribution in [3.63, 3.8) is 0 Å². The molecule has 0 bridgehead atoms. The topological polar surface area (TPSA) is 77.5 Å². The third kappa shape index (κ3) is 5.02. The van der Waals surface area contributed by atoms with Crippen LogP contribution in [0.2, 0.25) is 0 Å². The molecule has 0 heterocycles. The van der Waals surface area contributed by atoms with Crippen molar-refractivity contribution < 1.29 is 23.9 Å². The maximum Gasteiger partial charge on any atom is 0.327 e. The Labute approximate surface area is 163 Å². The summed E-state index contributed by atoms with van der Waals surface area (Å²) in [4.78, 5) is 51.3. The standard InChI is InChI=1S/C22H34O5/c1-9-13-21(11-3,17(23)15(5)6)19(25)27-20(26)22(12-4,14-10-2)18(24)16(7)8/h5,7,9-14H2,1-4,6,8H3. The molecule has 5 nitrogen and oxygen atoms in total. The highest BCUT2D eigenvalue weighted by Crippen LogP contribution is 2.37. The van der Waals surface area contributed by atoms with Gasteiger partial charge in [-0.1, -0.05) is 53.7 Å². The predicted molar refractivity (Wildman–Crippen MR) is 106 cm³/mol. The molecule has 27 heavy (non-hydrogen) atoms. The van der Waals surface area contributed by atoms with Crippen molar-refractivity contribution >= 4 is 23.5 Å². The summed E-state index contributed by atoms with van der Waals surface area (Å²) in [5, 5.41) is 0. The summed E-state index contributed by atoms with van der Waals surface area (Å²) in [6.07, 6.45) is 2.02. The zero-order valence-electron chi connectivity index (χ0n) is 17.7. The summed E-state index contributed by atoms with van der Waals surface area (Å²) in [6, 6.07) is 0. The summed E-state index contributed by atoms with van der Waals surface area (Å²) in [5.74, 6) is -2.64. The first-order chi connectivity index (χ1) is 12.5. The van der Waals surface area contributed by atoms with Gasteiger partial charge in [-0.15, -0.1) is 0 Å². The fourth-order valence-corrected chi connectivity index (χ4v) is 3.53. The Morgan fingerprint density at radius 3 is 1.19 bits per heavy atom. The van der Waals surface area contributed by atoms with Crippen molar-refractivity contribution in [2.24, 2.45) is 10.8 Å². The van der Waals surface area contributed by atoms with Crippen molar-refractivity contribution in [1.29, 1.82) is 0 Å². The Morgan fingerprint density at radius 2 is 1.00 bits per heavy atom. The van der Waals surface area contributed by atoms with Crippen LogP contribution < -0.4 is 0 Å². The summed E-state index contributed by atoms with van der Waals surface area (Å²) in [5.41, 5.74) is -2.42. The van der Waals surface area contributed by atoms with Gasteiger partial charge in [-0.3, -0.25) is 19.2 Å². The summed E-state index contributed by atoms with van der Waals surface area (Å²) in [6.45, 7) is 17.5. The van der Waals surface area contributed by atoms with Crippen LogP contribution in [0.1, 0.15) is 80.1 Å². The smallest absolute Gasteiger partial charge is 0.327 e. The van der Waals surface area contributed by atoms with Gasteiger partial charge in [0.15, 0.2) is 11.6 Å². The zero-order valence-corrected chi connectivity index (χ0v) is 17.7. The Morgan fingerprint density at radius 1 is 0.704 bits per heavy atom. The minimum atomic E-state index is -1.45. The van der Waals surface area contributed by atoms with E-state index in [4.69, 9.17) is 4.74 Å². The van der Waals surface area contributed by atoms with E-state index in [1.165, 1.54) is 13.8 Å². The van der Waals surface area contributed by atoms with Crippen LogP contribution in [-0.4, -0.2) is 23.5 Å². The quantitative estimate of drug-likeness (QED) is 0.278. The van der Waals surface area contributed by atoms with Gasteiger partial charge in [0.1, 0.15) is 10.8 Å². The van der Waals surface area contributed by atoms with E-state index < -0.39 is 34.3 Å². The summed E-state index contributed by atoms with van der Waals surface area (Å²) < 4.78 is 5.21. The maximum absolute atomic E-state index is 13.0. The molecule has 0 aromatic heterocycles. The second kappa shape index (κ2) is 10.3. The van der Waals surface area contributed by atoms with E-state index in [0.717, 1.165) is 0 Å². The average molecular weight is 379 g/mol. The first-order valence-electron chi connectivity index (χ1n) is 9.67. The first-order valence-corrected chi connectivity index (χ1v) is 9.67. The van der Waals surface area contributed by atoms with Crippen molar-refractivity contribution in [3.8, 4) is 0 Å². The predicted octanol–water partition coefficient (Wildman–Crippen LogP) is 4.74. The van der Waals surface area contributed by atoms with Crippen LogP contribution in [0.3, 0.4) is 0 Å². The third-order valence-corrected chi connectivity index (χ3v) is 5.17. The Hall–Kier alpha value is -2.04. The SMILES string of the molecule is C=C(C)C(=O)C(CC)(CCC)C(=O)OC(=O)C(CC)(CCC)C(=O)C(=C)C. The molecule has 0 aliphatic carbocycles. The second-order valence-electron chi connectivity index (χ2n) is 7.27. The van der Waals surface area contributed by atoms with Crippen LogP contribution in [-0.2, 0) is 23.9 Å². The van der Waals surface area contributed by atoms with Crippen molar-refractivity contribution in [3.05, 3.63) is 24.3 Å². The van der Waals surface area contributed by atoms with E-state index >= 15 is 0 Å². The van der Waals surface area contributed by atoms with E-state index in [1.807, 2.05) is 13.8 Å². The molecule has 0 fully saturated rings. The van der Waals surface area contributed by atoms with Crippen LogP contribution in [0.5, 0.6) is 0 Å². The minimum Gasteiger partial charge on any atom is -0.392 e. The molecule has 0 aromatic rings. The Balaban J connectivity index is 6.04. The number of Topliss-reactive ketones (excluding diaryl/α,β-unsaturated/α-hetero) is 2. The van der Waals surface area contributed by atoms with Crippen LogP contribution in [0.25, 0.3) is 0 Å². The van der Waals surface area contributed by atoms with Gasteiger partial charge >= 0.3 is 11.9 Å². The van der Waals surface area contributed by atoms with Gasteiger partial charge in [-0.2, -0.15) is 0 Å². The number of carbonyl (C=O) groups excluding carboxylic acids is 4. The highest BCUT2D eigenvalue weighted by molar-refractivity contribution is 6.17. The molecule has 0 aliphatic rings. The molecule has 2 atom stereocenters. The molecule has 0 amide bonds. The fourth-order valence-electron chi connectivity index (χ4n) is 3.53. The van der Waals surface area contributed by atoms with Gasteiger partial charge in [0, 0.05) is 0 Å². The lowest BCUT2D eigenvalue weighted by Crippen LogP contribution is -2.46. The van der Waals surface area contributed by atoms with Gasteiger partial charge in [-0.25, -0.2) is 0 Å². The minimum absolute atomic E-state index is 0.194. The molecule has 0 saturated carbocycles. The molecule has 0 radical (unpaired) electrons. The van der Waals surface area contributed by atoms with Crippen molar-refractivity contribution in [1.82, 2.24) is 0 Å². The molecular weight excluding hydrogens is 344 g/mol. The largest absolute Gasteiger partial charge is 0.392 e. The normalized spacial score (nSPS) is 15.2. The highest BCUT2D eigenvalue weighted by atomic mass is 16.6.